The minimum atomic E-state index is -0.351. The van der Waals surface area contributed by atoms with Crippen LogP contribution in [0, 0.1) is 5.92 Å². The molecule has 10 heteroatoms. The van der Waals surface area contributed by atoms with Gasteiger partial charge in [-0.3, -0.25) is 9.59 Å². The quantitative estimate of drug-likeness (QED) is 0.514. The third-order valence-corrected chi connectivity index (χ3v) is 5.42. The molecular weight excluding hydrogens is 444 g/mol. The Morgan fingerprint density at radius 2 is 1.91 bits per heavy atom. The molecule has 0 saturated carbocycles. The van der Waals surface area contributed by atoms with Gasteiger partial charge in [0.1, 0.15) is 0 Å². The number of nitrogens with one attached hydrogen (secondary N) is 2. The average molecular weight is 467 g/mol. The largest absolute Gasteiger partial charge is 0.368 e. The van der Waals surface area contributed by atoms with E-state index < -0.39 is 0 Å². The maximum Gasteiger partial charge on any atom is 0.276 e. The van der Waals surface area contributed by atoms with Gasteiger partial charge in [0, 0.05) is 42.1 Å². The molecule has 33 heavy (non-hydrogen) atoms. The van der Waals surface area contributed by atoms with E-state index in [1.165, 1.54) is 0 Å². The highest BCUT2D eigenvalue weighted by molar-refractivity contribution is 6.30. The first kappa shape index (κ1) is 22.6. The summed E-state index contributed by atoms with van der Waals surface area (Å²) < 4.78 is 5.23. The molecule has 1 atom stereocenters. The van der Waals surface area contributed by atoms with Crippen LogP contribution in [0.15, 0.2) is 74.7 Å². The lowest BCUT2D eigenvalue weighted by atomic mass is 9.93. The molecule has 2 heterocycles. The molecule has 2 aromatic rings. The lowest BCUT2D eigenvalue weighted by Gasteiger charge is -2.20. The van der Waals surface area contributed by atoms with Crippen LogP contribution in [0.25, 0.3) is 11.4 Å². The van der Waals surface area contributed by atoms with E-state index in [0.29, 0.717) is 42.1 Å². The summed E-state index contributed by atoms with van der Waals surface area (Å²) in [5.41, 5.74) is 1.64. The number of hydrogen-bond donors (Lipinski definition) is 2. The molecule has 1 aliphatic carbocycles. The van der Waals surface area contributed by atoms with E-state index in [9.17, 15) is 9.59 Å². The van der Waals surface area contributed by atoms with Crippen molar-refractivity contribution in [1.29, 1.82) is 0 Å². The Hall–Kier alpha value is -3.59. The molecule has 2 aliphatic rings. The van der Waals surface area contributed by atoms with Gasteiger partial charge in [0.2, 0.25) is 17.6 Å². The minimum absolute atomic E-state index is 0.0688. The van der Waals surface area contributed by atoms with Crippen molar-refractivity contribution in [1.82, 2.24) is 20.8 Å². The van der Waals surface area contributed by atoms with Crippen LogP contribution < -0.4 is 10.6 Å². The normalized spacial score (nSPS) is 16.8. The van der Waals surface area contributed by atoms with Crippen molar-refractivity contribution < 1.29 is 14.1 Å². The van der Waals surface area contributed by atoms with Crippen LogP contribution in [0.5, 0.6) is 0 Å². The van der Waals surface area contributed by atoms with Gasteiger partial charge in [-0.2, -0.15) is 4.98 Å². The van der Waals surface area contributed by atoms with Crippen LogP contribution >= 0.6 is 11.6 Å². The summed E-state index contributed by atoms with van der Waals surface area (Å²) in [4.78, 5) is 28.2. The van der Waals surface area contributed by atoms with Crippen LogP contribution in [-0.2, 0) is 16.0 Å². The van der Waals surface area contributed by atoms with Crippen LogP contribution in [0.3, 0.4) is 0 Å². The van der Waals surface area contributed by atoms with E-state index in [0.717, 1.165) is 24.0 Å². The number of rotatable bonds is 10. The molecule has 0 bridgehead atoms. The molecule has 1 aromatic heterocycles. The lowest BCUT2D eigenvalue weighted by molar-refractivity contribution is -0.121. The number of unbranched alkanes of at least 4 members (excludes halogenated alkanes) is 1. The van der Waals surface area contributed by atoms with Crippen molar-refractivity contribution in [2.24, 2.45) is 16.1 Å². The van der Waals surface area contributed by atoms with Gasteiger partial charge in [-0.1, -0.05) is 41.1 Å². The highest BCUT2D eigenvalue weighted by atomic mass is 35.5. The molecule has 170 valence electrons. The summed E-state index contributed by atoms with van der Waals surface area (Å²) in [6, 6.07) is 7.14. The molecule has 0 saturated heterocycles. The predicted octanol–water partition coefficient (Wildman–Crippen LogP) is 3.75. The first-order valence-corrected chi connectivity index (χ1v) is 11.1. The number of benzene rings is 1. The van der Waals surface area contributed by atoms with E-state index in [1.807, 2.05) is 36.4 Å². The fourth-order valence-corrected chi connectivity index (χ4v) is 3.53. The number of aryl methyl sites for hydroxylation is 1. The molecule has 2 amide bonds. The topological polar surface area (TPSA) is 122 Å². The minimum Gasteiger partial charge on any atom is -0.368 e. The van der Waals surface area contributed by atoms with Crippen molar-refractivity contribution in [3.63, 3.8) is 0 Å². The zero-order chi connectivity index (χ0) is 23.0. The smallest absolute Gasteiger partial charge is 0.276 e. The molecule has 0 spiro atoms. The number of hydrogen-bond acceptors (Lipinski definition) is 7. The van der Waals surface area contributed by atoms with Gasteiger partial charge in [-0.15, -0.1) is 10.2 Å². The molecular formula is C23H23ClN6O3. The zero-order valence-electron chi connectivity index (χ0n) is 17.8. The van der Waals surface area contributed by atoms with Gasteiger partial charge in [0.25, 0.3) is 5.91 Å². The Morgan fingerprint density at radius 3 is 2.76 bits per heavy atom. The second-order valence-corrected chi connectivity index (χ2v) is 8.00. The Kier molecular flexibility index (Phi) is 7.41. The molecule has 1 unspecified atom stereocenters. The number of amides is 2. The first-order valence-electron chi connectivity index (χ1n) is 10.7. The SMILES string of the molecule is O=C(CCc1nc(-c2ccc(Cl)cc2)no1)NCCCCNC1=C2C=CC=CC2C(=O)N=N1. The van der Waals surface area contributed by atoms with Gasteiger partial charge in [0.15, 0.2) is 5.82 Å². The van der Waals surface area contributed by atoms with Crippen LogP contribution in [0.2, 0.25) is 5.02 Å². The van der Waals surface area contributed by atoms with E-state index >= 15 is 0 Å². The number of azo groups is 1. The van der Waals surface area contributed by atoms with Crippen molar-refractivity contribution in [3.8, 4) is 11.4 Å². The van der Waals surface area contributed by atoms with Gasteiger partial charge < -0.3 is 15.2 Å². The number of carbonyl (C=O) groups excluding carboxylic acids is 2. The molecule has 1 aliphatic heterocycles. The summed E-state index contributed by atoms with van der Waals surface area (Å²) in [5, 5.41) is 18.4. The van der Waals surface area contributed by atoms with Gasteiger partial charge in [-0.05, 0) is 37.1 Å². The van der Waals surface area contributed by atoms with E-state index in [-0.39, 0.29) is 24.2 Å². The summed E-state index contributed by atoms with van der Waals surface area (Å²) in [5.74, 6) is 0.843. The molecule has 0 fully saturated rings. The zero-order valence-corrected chi connectivity index (χ0v) is 18.6. The fourth-order valence-electron chi connectivity index (χ4n) is 3.41. The second kappa shape index (κ2) is 10.8. The second-order valence-electron chi connectivity index (χ2n) is 7.57. The molecule has 4 rings (SSSR count). The number of fused-ring (bicyclic) bond motifs is 1. The summed E-state index contributed by atoms with van der Waals surface area (Å²) in [6.45, 7) is 1.24. The molecule has 2 N–H and O–H groups in total. The van der Waals surface area contributed by atoms with Crippen molar-refractivity contribution in [3.05, 3.63) is 70.9 Å². The average Bonchev–Trinajstić information content (AvgIpc) is 3.31. The Labute approximate surface area is 195 Å². The number of halogens is 1. The van der Waals surface area contributed by atoms with Crippen molar-refractivity contribution in [2.75, 3.05) is 13.1 Å². The Balaban J connectivity index is 1.12. The van der Waals surface area contributed by atoms with Gasteiger partial charge in [-0.25, -0.2) is 0 Å². The Morgan fingerprint density at radius 1 is 1.09 bits per heavy atom. The fraction of sp³-hybridized carbons (Fsp3) is 0.304. The van der Waals surface area contributed by atoms with Crippen LogP contribution in [0.1, 0.15) is 25.2 Å². The molecule has 9 nitrogen and oxygen atoms in total. The van der Waals surface area contributed by atoms with E-state index in [2.05, 4.69) is 31.0 Å². The highest BCUT2D eigenvalue weighted by Crippen LogP contribution is 2.27. The van der Waals surface area contributed by atoms with Crippen LogP contribution in [-0.4, -0.2) is 35.0 Å². The monoisotopic (exact) mass is 466 g/mol. The summed E-state index contributed by atoms with van der Waals surface area (Å²) in [6.07, 6.45) is 9.69. The standard InChI is InChI=1S/C23H23ClN6O3/c24-16-9-7-15(8-10-16)21-27-20(33-30-21)12-11-19(31)25-13-3-4-14-26-22-17-5-1-2-6-18(17)23(32)29-28-22/h1-2,5-10,18,26H,3-4,11-14H2,(H,25,31). The maximum atomic E-state index is 12.1. The van der Waals surface area contributed by atoms with E-state index in [4.69, 9.17) is 16.1 Å². The summed E-state index contributed by atoms with van der Waals surface area (Å²) in [7, 11) is 0. The number of nitrogens with zero attached hydrogens (tertiary/aromatic N) is 4. The first-order chi connectivity index (χ1) is 16.1. The number of allylic oxidation sites excluding steroid dienone is 3. The predicted molar refractivity (Wildman–Crippen MR) is 122 cm³/mol. The Bertz CT molecular complexity index is 1130. The third kappa shape index (κ3) is 6.01. The number of carbonyl (C=O) groups is 2. The highest BCUT2D eigenvalue weighted by Gasteiger charge is 2.26. The third-order valence-electron chi connectivity index (χ3n) is 5.17. The lowest BCUT2D eigenvalue weighted by Crippen LogP contribution is -2.26. The molecule has 1 aromatic carbocycles. The van der Waals surface area contributed by atoms with Crippen LogP contribution in [0.4, 0.5) is 0 Å². The van der Waals surface area contributed by atoms with Crippen molar-refractivity contribution in [2.45, 2.75) is 25.7 Å². The van der Waals surface area contributed by atoms with Gasteiger partial charge >= 0.3 is 0 Å². The molecule has 0 radical (unpaired) electrons. The maximum absolute atomic E-state index is 12.1. The summed E-state index contributed by atoms with van der Waals surface area (Å²) >= 11 is 5.89. The van der Waals surface area contributed by atoms with E-state index in [1.54, 1.807) is 12.1 Å². The number of aromatic nitrogens is 2. The van der Waals surface area contributed by atoms with Gasteiger partial charge in [0.05, 0.1) is 5.92 Å². The van der Waals surface area contributed by atoms with Crippen molar-refractivity contribution >= 4 is 23.4 Å².